The molecule has 202 valence electrons. The van der Waals surface area contributed by atoms with Crippen LogP contribution >= 0.6 is 11.3 Å². The van der Waals surface area contributed by atoms with Gasteiger partial charge in [-0.2, -0.15) is 0 Å². The van der Waals surface area contributed by atoms with Gasteiger partial charge in [-0.15, -0.1) is 11.3 Å². The minimum absolute atomic E-state index is 0.0204. The van der Waals surface area contributed by atoms with Crippen molar-refractivity contribution in [2.24, 2.45) is 17.3 Å². The molecular weight excluding hydrogens is 488 g/mol. The molecule has 2 aliphatic carbocycles. The van der Waals surface area contributed by atoms with Crippen molar-refractivity contribution in [1.29, 1.82) is 0 Å². The number of carboxylic acid groups (broad SMARTS) is 1. The second-order valence-corrected chi connectivity index (χ2v) is 13.0. The van der Waals surface area contributed by atoms with E-state index < -0.39 is 5.97 Å². The number of ether oxygens (including phenoxy) is 1. The predicted molar refractivity (Wildman–Crippen MR) is 145 cm³/mol. The molecule has 2 amide bonds. The van der Waals surface area contributed by atoms with Gasteiger partial charge in [0.1, 0.15) is 11.0 Å². The Morgan fingerprint density at radius 3 is 2.38 bits per heavy atom. The van der Waals surface area contributed by atoms with Crippen molar-refractivity contribution in [1.82, 2.24) is 4.90 Å². The lowest BCUT2D eigenvalue weighted by Gasteiger charge is -2.34. The van der Waals surface area contributed by atoms with Crippen molar-refractivity contribution in [2.75, 3.05) is 18.0 Å². The highest BCUT2D eigenvalue weighted by molar-refractivity contribution is 7.15. The Labute approximate surface area is 224 Å². The highest BCUT2D eigenvalue weighted by Gasteiger charge is 2.40. The van der Waals surface area contributed by atoms with Crippen LogP contribution in [0.4, 0.5) is 10.5 Å². The molecule has 1 N–H and O–H groups in total. The Bertz CT molecular complexity index is 1060. The molecule has 0 spiro atoms. The summed E-state index contributed by atoms with van der Waals surface area (Å²) in [7, 11) is 0. The SMILES string of the molecule is CC1CCC(C(=O)N(c2cc(C#CC(C)(C)C)sc2C(=O)O)[C@H]2CCN(C(=O)OC3CCCC3)C2)CC1. The first-order valence-electron chi connectivity index (χ1n) is 13.7. The minimum atomic E-state index is -1.06. The van der Waals surface area contributed by atoms with Gasteiger partial charge < -0.3 is 19.6 Å². The molecule has 1 aromatic heterocycles. The third-order valence-corrected chi connectivity index (χ3v) is 8.71. The van der Waals surface area contributed by atoms with Crippen LogP contribution in [0.25, 0.3) is 0 Å². The zero-order valence-corrected chi connectivity index (χ0v) is 23.4. The number of thiophene rings is 1. The molecule has 1 saturated heterocycles. The molecule has 2 saturated carbocycles. The van der Waals surface area contributed by atoms with Gasteiger partial charge in [0, 0.05) is 24.4 Å². The summed E-state index contributed by atoms with van der Waals surface area (Å²) in [4.78, 5) is 43.3. The van der Waals surface area contributed by atoms with Crippen molar-refractivity contribution in [2.45, 2.75) is 97.6 Å². The number of carbonyl (C=O) groups excluding carboxylic acids is 2. The van der Waals surface area contributed by atoms with Gasteiger partial charge in [-0.1, -0.05) is 18.8 Å². The molecule has 0 aromatic carbocycles. The molecule has 2 heterocycles. The van der Waals surface area contributed by atoms with Crippen LogP contribution in [0, 0.1) is 29.1 Å². The predicted octanol–water partition coefficient (Wildman–Crippen LogP) is 6.16. The summed E-state index contributed by atoms with van der Waals surface area (Å²) in [5, 5.41) is 10.1. The quantitative estimate of drug-likeness (QED) is 0.463. The highest BCUT2D eigenvalue weighted by Crippen LogP contribution is 2.38. The van der Waals surface area contributed by atoms with Crippen molar-refractivity contribution >= 4 is 35.0 Å². The van der Waals surface area contributed by atoms with E-state index in [0.717, 1.165) is 62.7 Å². The van der Waals surface area contributed by atoms with Crippen molar-refractivity contribution in [3.05, 3.63) is 15.8 Å². The maximum absolute atomic E-state index is 14.0. The van der Waals surface area contributed by atoms with Gasteiger partial charge in [0.2, 0.25) is 5.91 Å². The van der Waals surface area contributed by atoms with Crippen LogP contribution < -0.4 is 4.90 Å². The number of hydrogen-bond donors (Lipinski definition) is 1. The molecular formula is C29H40N2O5S. The summed E-state index contributed by atoms with van der Waals surface area (Å²) >= 11 is 1.12. The van der Waals surface area contributed by atoms with Gasteiger partial charge in [0.15, 0.2) is 0 Å². The molecule has 37 heavy (non-hydrogen) atoms. The van der Waals surface area contributed by atoms with Gasteiger partial charge in [0.25, 0.3) is 0 Å². The van der Waals surface area contributed by atoms with E-state index in [4.69, 9.17) is 4.74 Å². The Morgan fingerprint density at radius 2 is 1.76 bits per heavy atom. The molecule has 3 aliphatic rings. The second-order valence-electron chi connectivity index (χ2n) is 12.0. The van der Waals surface area contributed by atoms with Crippen LogP contribution in [0.5, 0.6) is 0 Å². The van der Waals surface area contributed by atoms with Crippen molar-refractivity contribution < 1.29 is 24.2 Å². The van der Waals surface area contributed by atoms with E-state index in [1.54, 1.807) is 15.9 Å². The van der Waals surface area contributed by atoms with Crippen LogP contribution in [0.1, 0.15) is 100 Å². The number of carboxylic acids is 1. The molecule has 8 heteroatoms. The van der Waals surface area contributed by atoms with Crippen molar-refractivity contribution in [3.8, 4) is 11.8 Å². The summed E-state index contributed by atoms with van der Waals surface area (Å²) in [5.74, 6) is 5.66. The molecule has 4 rings (SSSR count). The van der Waals surface area contributed by atoms with Gasteiger partial charge in [0.05, 0.1) is 16.6 Å². The Hall–Kier alpha value is -2.53. The van der Waals surface area contributed by atoms with E-state index in [1.807, 2.05) is 20.8 Å². The smallest absolute Gasteiger partial charge is 0.410 e. The zero-order chi connectivity index (χ0) is 26.7. The molecule has 1 atom stereocenters. The Balaban J connectivity index is 1.62. The fourth-order valence-corrected chi connectivity index (χ4v) is 6.41. The molecule has 1 aliphatic heterocycles. The van der Waals surface area contributed by atoms with Crippen LogP contribution in [0.15, 0.2) is 6.07 Å². The van der Waals surface area contributed by atoms with E-state index in [1.165, 1.54) is 0 Å². The first-order chi connectivity index (χ1) is 17.5. The number of rotatable bonds is 5. The van der Waals surface area contributed by atoms with Gasteiger partial charge in [-0.05, 0) is 90.5 Å². The number of likely N-dealkylation sites (tertiary alicyclic amines) is 1. The number of anilines is 1. The lowest BCUT2D eigenvalue weighted by atomic mass is 9.82. The second kappa shape index (κ2) is 11.5. The van der Waals surface area contributed by atoms with Crippen LogP contribution in [0.2, 0.25) is 0 Å². The van der Waals surface area contributed by atoms with E-state index in [-0.39, 0.29) is 40.4 Å². The van der Waals surface area contributed by atoms with E-state index in [2.05, 4.69) is 18.8 Å². The average molecular weight is 529 g/mol. The fraction of sp³-hybridized carbons (Fsp3) is 0.690. The zero-order valence-electron chi connectivity index (χ0n) is 22.5. The van der Waals surface area contributed by atoms with Gasteiger partial charge in [-0.25, -0.2) is 9.59 Å². The maximum atomic E-state index is 14.0. The first-order valence-corrected chi connectivity index (χ1v) is 14.5. The highest BCUT2D eigenvalue weighted by atomic mass is 32.1. The summed E-state index contributed by atoms with van der Waals surface area (Å²) in [6.45, 7) is 9.06. The normalized spacial score (nSPS) is 24.4. The van der Waals surface area contributed by atoms with Crippen LogP contribution in [-0.4, -0.2) is 53.2 Å². The Kier molecular flexibility index (Phi) is 8.52. The molecule has 0 radical (unpaired) electrons. The topological polar surface area (TPSA) is 87.2 Å². The third-order valence-electron chi connectivity index (χ3n) is 7.69. The van der Waals surface area contributed by atoms with Crippen LogP contribution in [0.3, 0.4) is 0 Å². The summed E-state index contributed by atoms with van der Waals surface area (Å²) in [6.07, 6.45) is 7.82. The summed E-state index contributed by atoms with van der Waals surface area (Å²) in [5.41, 5.74) is 0.184. The Morgan fingerprint density at radius 1 is 1.08 bits per heavy atom. The third kappa shape index (κ3) is 6.87. The minimum Gasteiger partial charge on any atom is -0.477 e. The summed E-state index contributed by atoms with van der Waals surface area (Å²) < 4.78 is 5.72. The maximum Gasteiger partial charge on any atom is 0.410 e. The fourth-order valence-electron chi connectivity index (χ4n) is 5.57. The molecule has 3 fully saturated rings. The van der Waals surface area contributed by atoms with E-state index in [9.17, 15) is 19.5 Å². The average Bonchev–Trinajstić information content (AvgIpc) is 3.59. The number of hydrogen-bond acceptors (Lipinski definition) is 5. The van der Waals surface area contributed by atoms with Gasteiger partial charge >= 0.3 is 12.1 Å². The van der Waals surface area contributed by atoms with Crippen molar-refractivity contribution in [3.63, 3.8) is 0 Å². The lowest BCUT2D eigenvalue weighted by Crippen LogP contribution is -2.47. The monoisotopic (exact) mass is 528 g/mol. The standard InChI is InChI=1S/C29H40N2O5S/c1-19-9-11-20(12-10-19)26(32)31(21-14-16-30(18-21)28(35)36-22-7-5-6-8-22)24-17-23(13-15-29(2,3)4)37-25(24)27(33)34/h17,19-22H,5-12,14,16,18H2,1-4H3,(H,33,34)/t19?,20?,21-/m0/s1. The number of nitrogens with zero attached hydrogens (tertiary/aromatic N) is 2. The number of amides is 2. The molecule has 0 bridgehead atoms. The first kappa shape index (κ1) is 27.5. The van der Waals surface area contributed by atoms with E-state index in [0.29, 0.717) is 36.0 Å². The molecule has 7 nitrogen and oxygen atoms in total. The van der Waals surface area contributed by atoms with E-state index >= 15 is 0 Å². The number of carbonyl (C=O) groups is 3. The van der Waals surface area contributed by atoms with Gasteiger partial charge in [-0.3, -0.25) is 4.79 Å². The molecule has 0 unspecified atom stereocenters. The van der Waals surface area contributed by atoms with Crippen LogP contribution in [-0.2, 0) is 9.53 Å². The largest absolute Gasteiger partial charge is 0.477 e. The molecule has 1 aromatic rings. The lowest BCUT2D eigenvalue weighted by molar-refractivity contribution is -0.124. The summed E-state index contributed by atoms with van der Waals surface area (Å²) in [6, 6.07) is 1.47. The number of aromatic carboxylic acids is 1.